The van der Waals surface area contributed by atoms with E-state index < -0.39 is 10.0 Å². The Morgan fingerprint density at radius 3 is 2.86 bits per heavy atom. The number of sulfonamides is 1. The van der Waals surface area contributed by atoms with Gasteiger partial charge in [-0.25, -0.2) is 8.42 Å². The molecule has 0 radical (unpaired) electrons. The van der Waals surface area contributed by atoms with Crippen molar-refractivity contribution >= 4 is 33.2 Å². The third-order valence-corrected chi connectivity index (χ3v) is 3.86. The Kier molecular flexibility index (Phi) is 5.08. The first-order valence-electron chi connectivity index (χ1n) is 6.52. The maximum atomic E-state index is 12.2. The molecule has 0 saturated carbocycles. The Bertz CT molecular complexity index is 627. The number of hydrogen-bond donors (Lipinski definition) is 2. The lowest BCUT2D eigenvalue weighted by Crippen LogP contribution is -2.32. The SMILES string of the molecule is CS(=O)(=O)Nc1ccc(Cl)cc1C(=O)NC[C@@H]1CCCO1. The summed E-state index contributed by atoms with van der Waals surface area (Å²) >= 11 is 5.88. The highest BCUT2D eigenvalue weighted by molar-refractivity contribution is 7.92. The number of rotatable bonds is 5. The summed E-state index contributed by atoms with van der Waals surface area (Å²) in [5, 5.41) is 3.09. The van der Waals surface area contributed by atoms with Crippen LogP contribution in [0.4, 0.5) is 5.69 Å². The van der Waals surface area contributed by atoms with Crippen LogP contribution in [0.5, 0.6) is 0 Å². The second kappa shape index (κ2) is 6.64. The zero-order valence-electron chi connectivity index (χ0n) is 11.6. The summed E-state index contributed by atoms with van der Waals surface area (Å²) < 4.78 is 30.4. The molecule has 0 unspecified atom stereocenters. The van der Waals surface area contributed by atoms with Crippen molar-refractivity contribution in [3.8, 4) is 0 Å². The summed E-state index contributed by atoms with van der Waals surface area (Å²) in [4.78, 5) is 12.2. The van der Waals surface area contributed by atoms with E-state index in [1.54, 1.807) is 0 Å². The van der Waals surface area contributed by atoms with Crippen LogP contribution in [0.15, 0.2) is 18.2 Å². The number of carbonyl (C=O) groups is 1. The summed E-state index contributed by atoms with van der Waals surface area (Å²) in [7, 11) is -3.47. The quantitative estimate of drug-likeness (QED) is 0.858. The van der Waals surface area contributed by atoms with Crippen LogP contribution in [0.3, 0.4) is 0 Å². The number of anilines is 1. The predicted octanol–water partition coefficient (Wildman–Crippen LogP) is 1.62. The number of ether oxygens (including phenoxy) is 1. The Morgan fingerprint density at radius 2 is 2.24 bits per heavy atom. The van der Waals surface area contributed by atoms with Crippen molar-refractivity contribution in [1.29, 1.82) is 0 Å². The molecule has 0 aliphatic carbocycles. The van der Waals surface area contributed by atoms with Crippen LogP contribution in [0, 0.1) is 0 Å². The molecule has 8 heteroatoms. The minimum Gasteiger partial charge on any atom is -0.376 e. The van der Waals surface area contributed by atoms with E-state index in [0.29, 0.717) is 18.2 Å². The van der Waals surface area contributed by atoms with Gasteiger partial charge in [-0.1, -0.05) is 11.6 Å². The van der Waals surface area contributed by atoms with Gasteiger partial charge in [-0.15, -0.1) is 0 Å². The number of nitrogens with one attached hydrogen (secondary N) is 2. The fourth-order valence-electron chi connectivity index (χ4n) is 2.10. The summed E-state index contributed by atoms with van der Waals surface area (Å²) in [6.07, 6.45) is 2.93. The van der Waals surface area contributed by atoms with Crippen LogP contribution < -0.4 is 10.0 Å². The van der Waals surface area contributed by atoms with E-state index in [1.165, 1.54) is 18.2 Å². The van der Waals surface area contributed by atoms with E-state index in [2.05, 4.69) is 10.0 Å². The van der Waals surface area contributed by atoms with Crippen molar-refractivity contribution in [1.82, 2.24) is 5.32 Å². The van der Waals surface area contributed by atoms with E-state index >= 15 is 0 Å². The number of carbonyl (C=O) groups excluding carboxylic acids is 1. The monoisotopic (exact) mass is 332 g/mol. The molecular weight excluding hydrogens is 316 g/mol. The molecule has 1 atom stereocenters. The largest absolute Gasteiger partial charge is 0.376 e. The summed E-state index contributed by atoms with van der Waals surface area (Å²) in [6.45, 7) is 1.10. The van der Waals surface area contributed by atoms with Gasteiger partial charge in [0.25, 0.3) is 5.91 Å². The molecular formula is C13H17ClN2O4S. The Balaban J connectivity index is 2.12. The van der Waals surface area contributed by atoms with Gasteiger partial charge in [0, 0.05) is 18.2 Å². The van der Waals surface area contributed by atoms with Gasteiger partial charge in [0.1, 0.15) is 0 Å². The van der Waals surface area contributed by atoms with Crippen molar-refractivity contribution in [3.05, 3.63) is 28.8 Å². The van der Waals surface area contributed by atoms with Crippen LogP contribution in [-0.2, 0) is 14.8 Å². The highest BCUT2D eigenvalue weighted by atomic mass is 35.5. The smallest absolute Gasteiger partial charge is 0.253 e. The van der Waals surface area contributed by atoms with Crippen LogP contribution in [0.1, 0.15) is 23.2 Å². The van der Waals surface area contributed by atoms with Gasteiger partial charge >= 0.3 is 0 Å². The molecule has 1 aliphatic heterocycles. The maximum Gasteiger partial charge on any atom is 0.253 e. The van der Waals surface area contributed by atoms with E-state index in [-0.39, 0.29) is 23.3 Å². The van der Waals surface area contributed by atoms with E-state index in [0.717, 1.165) is 19.1 Å². The number of benzene rings is 1. The van der Waals surface area contributed by atoms with Crippen LogP contribution in [0.2, 0.25) is 5.02 Å². The normalized spacial score (nSPS) is 18.5. The highest BCUT2D eigenvalue weighted by Crippen LogP contribution is 2.22. The fourth-order valence-corrected chi connectivity index (χ4v) is 2.85. The number of hydrogen-bond acceptors (Lipinski definition) is 4. The van der Waals surface area contributed by atoms with Crippen molar-refractivity contribution in [2.45, 2.75) is 18.9 Å². The standard InChI is InChI=1S/C13H17ClN2O4S/c1-21(18,19)16-12-5-4-9(14)7-11(12)13(17)15-8-10-3-2-6-20-10/h4-5,7,10,16H,2-3,6,8H2,1H3,(H,15,17)/t10-/m0/s1. The summed E-state index contributed by atoms with van der Waals surface area (Å²) in [5.74, 6) is -0.390. The molecule has 1 amide bonds. The third kappa shape index (κ3) is 4.87. The van der Waals surface area contributed by atoms with Gasteiger partial charge in [-0.05, 0) is 31.0 Å². The van der Waals surface area contributed by atoms with Gasteiger partial charge in [0.05, 0.1) is 23.6 Å². The van der Waals surface area contributed by atoms with Crippen molar-refractivity contribution in [2.24, 2.45) is 0 Å². The molecule has 1 aromatic carbocycles. The van der Waals surface area contributed by atoms with Crippen LogP contribution in [-0.4, -0.2) is 39.8 Å². The summed E-state index contributed by atoms with van der Waals surface area (Å²) in [5.41, 5.74) is 0.387. The molecule has 116 valence electrons. The topological polar surface area (TPSA) is 84.5 Å². The first kappa shape index (κ1) is 16.1. The Labute approximate surface area is 128 Å². The van der Waals surface area contributed by atoms with Crippen LogP contribution >= 0.6 is 11.6 Å². The van der Waals surface area contributed by atoms with Crippen molar-refractivity contribution < 1.29 is 17.9 Å². The zero-order valence-corrected chi connectivity index (χ0v) is 13.1. The van der Waals surface area contributed by atoms with E-state index in [1.807, 2.05) is 0 Å². The van der Waals surface area contributed by atoms with Gasteiger partial charge < -0.3 is 10.1 Å². The minimum absolute atomic E-state index is 0.0134. The Hall–Kier alpha value is -1.31. The van der Waals surface area contributed by atoms with Crippen molar-refractivity contribution in [2.75, 3.05) is 24.1 Å². The minimum atomic E-state index is -3.47. The molecule has 6 nitrogen and oxygen atoms in total. The van der Waals surface area contributed by atoms with Gasteiger partial charge in [0.15, 0.2) is 0 Å². The molecule has 2 N–H and O–H groups in total. The predicted molar refractivity (Wildman–Crippen MR) is 81.2 cm³/mol. The van der Waals surface area contributed by atoms with E-state index in [9.17, 15) is 13.2 Å². The molecule has 0 aromatic heterocycles. The molecule has 1 aromatic rings. The van der Waals surface area contributed by atoms with Gasteiger partial charge in [0.2, 0.25) is 10.0 Å². The molecule has 2 rings (SSSR count). The highest BCUT2D eigenvalue weighted by Gasteiger charge is 2.19. The molecule has 1 saturated heterocycles. The maximum absolute atomic E-state index is 12.2. The molecule has 1 heterocycles. The molecule has 0 bridgehead atoms. The third-order valence-electron chi connectivity index (χ3n) is 3.04. The molecule has 1 aliphatic rings. The van der Waals surface area contributed by atoms with Gasteiger partial charge in [-0.3, -0.25) is 9.52 Å². The molecule has 21 heavy (non-hydrogen) atoms. The van der Waals surface area contributed by atoms with Gasteiger partial charge in [-0.2, -0.15) is 0 Å². The van der Waals surface area contributed by atoms with E-state index in [4.69, 9.17) is 16.3 Å². The first-order valence-corrected chi connectivity index (χ1v) is 8.79. The lowest BCUT2D eigenvalue weighted by atomic mass is 10.1. The van der Waals surface area contributed by atoms with Crippen LogP contribution in [0.25, 0.3) is 0 Å². The van der Waals surface area contributed by atoms with Crippen molar-refractivity contribution in [3.63, 3.8) is 0 Å². The average Bonchev–Trinajstić information content (AvgIpc) is 2.89. The second-order valence-corrected chi connectivity index (χ2v) is 7.09. The lowest BCUT2D eigenvalue weighted by Gasteiger charge is -2.14. The number of halogens is 1. The molecule has 0 spiro atoms. The lowest BCUT2D eigenvalue weighted by molar-refractivity contribution is 0.0858. The second-order valence-electron chi connectivity index (χ2n) is 4.91. The summed E-state index contributed by atoms with van der Waals surface area (Å²) in [6, 6.07) is 4.41. The average molecular weight is 333 g/mol. The first-order chi connectivity index (χ1) is 9.85. The molecule has 1 fully saturated rings. The fraction of sp³-hybridized carbons (Fsp3) is 0.462. The number of amides is 1. The Morgan fingerprint density at radius 1 is 1.48 bits per heavy atom. The zero-order chi connectivity index (χ0) is 15.5.